The molecular weight excluding hydrogens is 246 g/mol. The summed E-state index contributed by atoms with van der Waals surface area (Å²) in [5.41, 5.74) is 0. The molecule has 110 valence electrons. The summed E-state index contributed by atoms with van der Waals surface area (Å²) in [7, 11) is 1.74. The molecule has 3 unspecified atom stereocenters. The molecule has 0 radical (unpaired) electrons. The van der Waals surface area contributed by atoms with Crippen LogP contribution >= 0.6 is 0 Å². The average Bonchev–Trinajstić information content (AvgIpc) is 2.75. The highest BCUT2D eigenvalue weighted by Gasteiger charge is 2.42. The zero-order valence-corrected chi connectivity index (χ0v) is 11.8. The molecule has 3 atom stereocenters. The number of carbonyl (C=O) groups excluding carboxylic acids is 1. The van der Waals surface area contributed by atoms with Gasteiger partial charge in [-0.25, -0.2) is 0 Å². The monoisotopic (exact) mass is 271 g/mol. The topological polar surface area (TPSA) is 77.8 Å². The van der Waals surface area contributed by atoms with Gasteiger partial charge in [-0.3, -0.25) is 9.59 Å². The Morgan fingerprint density at radius 3 is 2.37 bits per heavy atom. The summed E-state index contributed by atoms with van der Waals surface area (Å²) in [4.78, 5) is 25.1. The van der Waals surface area contributed by atoms with E-state index in [9.17, 15) is 14.7 Å². The van der Waals surface area contributed by atoms with Gasteiger partial charge in [-0.1, -0.05) is 6.92 Å². The Balaban J connectivity index is 2.48. The molecule has 19 heavy (non-hydrogen) atoms. The Kier molecular flexibility index (Phi) is 6.28. The van der Waals surface area contributed by atoms with Gasteiger partial charge in [0, 0.05) is 20.2 Å². The van der Waals surface area contributed by atoms with Crippen LogP contribution in [0.5, 0.6) is 0 Å². The number of nitrogens with zero attached hydrogens (tertiary/aromatic N) is 1. The van der Waals surface area contributed by atoms with Crippen molar-refractivity contribution >= 4 is 11.9 Å². The van der Waals surface area contributed by atoms with E-state index in [-0.39, 0.29) is 18.4 Å². The van der Waals surface area contributed by atoms with Crippen LogP contribution in [-0.4, -0.2) is 47.2 Å². The smallest absolute Gasteiger partial charge is 0.307 e. The molecule has 0 aromatic heterocycles. The van der Waals surface area contributed by atoms with Crippen molar-refractivity contribution in [3.63, 3.8) is 0 Å². The van der Waals surface area contributed by atoms with Crippen LogP contribution in [0.1, 0.15) is 39.0 Å². The van der Waals surface area contributed by atoms with Crippen LogP contribution in [0, 0.1) is 17.8 Å². The van der Waals surface area contributed by atoms with E-state index in [4.69, 9.17) is 5.11 Å². The molecule has 1 amide bonds. The normalized spacial score (nSPS) is 26.4. The Hall–Kier alpha value is -1.10. The zero-order chi connectivity index (χ0) is 14.4. The number of carbonyl (C=O) groups is 2. The SMILES string of the molecule is CC1CC(C(=O)O)C(C(=O)N(C)CCCCCO)C1. The van der Waals surface area contributed by atoms with Crippen LogP contribution in [0.25, 0.3) is 0 Å². The molecule has 0 saturated heterocycles. The molecule has 1 saturated carbocycles. The molecule has 1 fully saturated rings. The molecule has 5 nitrogen and oxygen atoms in total. The fourth-order valence-corrected chi connectivity index (χ4v) is 2.87. The van der Waals surface area contributed by atoms with E-state index in [2.05, 4.69) is 0 Å². The lowest BCUT2D eigenvalue weighted by Crippen LogP contribution is -2.37. The van der Waals surface area contributed by atoms with Gasteiger partial charge in [0.25, 0.3) is 0 Å². The summed E-state index contributed by atoms with van der Waals surface area (Å²) in [5, 5.41) is 17.9. The predicted molar refractivity (Wildman–Crippen MR) is 71.6 cm³/mol. The number of hydrogen-bond donors (Lipinski definition) is 2. The number of carboxylic acid groups (broad SMARTS) is 1. The molecule has 2 N–H and O–H groups in total. The van der Waals surface area contributed by atoms with Gasteiger partial charge in [0.15, 0.2) is 0 Å². The maximum absolute atomic E-state index is 12.3. The molecular formula is C14H25NO4. The highest BCUT2D eigenvalue weighted by Crippen LogP contribution is 2.37. The number of aliphatic hydroxyl groups excluding tert-OH is 1. The van der Waals surface area contributed by atoms with E-state index in [1.165, 1.54) is 0 Å². The fraction of sp³-hybridized carbons (Fsp3) is 0.857. The Morgan fingerprint density at radius 1 is 1.16 bits per heavy atom. The summed E-state index contributed by atoms with van der Waals surface area (Å²) in [5.74, 6) is -1.48. The van der Waals surface area contributed by atoms with Crippen LogP contribution < -0.4 is 0 Å². The lowest BCUT2D eigenvalue weighted by Gasteiger charge is -2.23. The number of rotatable bonds is 7. The molecule has 1 rings (SSSR count). The van der Waals surface area contributed by atoms with Gasteiger partial charge in [-0.05, 0) is 38.0 Å². The average molecular weight is 271 g/mol. The number of carboxylic acids is 1. The second-order valence-corrected chi connectivity index (χ2v) is 5.67. The van der Waals surface area contributed by atoms with Gasteiger partial charge in [-0.2, -0.15) is 0 Å². The van der Waals surface area contributed by atoms with E-state index in [0.717, 1.165) is 19.3 Å². The zero-order valence-electron chi connectivity index (χ0n) is 11.8. The number of aliphatic hydroxyl groups is 1. The number of unbranched alkanes of at least 4 members (excludes halogenated alkanes) is 2. The molecule has 0 aromatic carbocycles. The third-order valence-electron chi connectivity index (χ3n) is 3.96. The van der Waals surface area contributed by atoms with E-state index < -0.39 is 11.9 Å². The van der Waals surface area contributed by atoms with E-state index in [1.54, 1.807) is 11.9 Å². The van der Waals surface area contributed by atoms with Crippen molar-refractivity contribution < 1.29 is 19.8 Å². The molecule has 1 aliphatic carbocycles. The number of hydrogen-bond acceptors (Lipinski definition) is 3. The molecule has 5 heteroatoms. The van der Waals surface area contributed by atoms with Crippen molar-refractivity contribution in [2.75, 3.05) is 20.2 Å². The fourth-order valence-electron chi connectivity index (χ4n) is 2.87. The lowest BCUT2D eigenvalue weighted by atomic mass is 9.95. The summed E-state index contributed by atoms with van der Waals surface area (Å²) in [6.45, 7) is 2.82. The van der Waals surface area contributed by atoms with Gasteiger partial charge in [0.2, 0.25) is 5.91 Å². The number of aliphatic carboxylic acids is 1. The maximum atomic E-state index is 12.3. The van der Waals surface area contributed by atoms with Crippen molar-refractivity contribution in [3.8, 4) is 0 Å². The quantitative estimate of drug-likeness (QED) is 0.685. The van der Waals surface area contributed by atoms with Crippen LogP contribution in [0.2, 0.25) is 0 Å². The molecule has 1 aliphatic rings. The van der Waals surface area contributed by atoms with Crippen LogP contribution in [0.4, 0.5) is 0 Å². The van der Waals surface area contributed by atoms with Gasteiger partial charge < -0.3 is 15.1 Å². The third kappa shape index (κ3) is 4.49. The first-order valence-corrected chi connectivity index (χ1v) is 7.06. The van der Waals surface area contributed by atoms with Crippen LogP contribution in [-0.2, 0) is 9.59 Å². The molecule has 0 aliphatic heterocycles. The summed E-state index contributed by atoms with van der Waals surface area (Å²) in [6.07, 6.45) is 3.77. The van der Waals surface area contributed by atoms with E-state index in [1.807, 2.05) is 6.92 Å². The van der Waals surface area contributed by atoms with Gasteiger partial charge >= 0.3 is 5.97 Å². The first kappa shape index (κ1) is 16.0. The van der Waals surface area contributed by atoms with Gasteiger partial charge in [0.05, 0.1) is 11.8 Å². The van der Waals surface area contributed by atoms with Crippen molar-refractivity contribution in [1.29, 1.82) is 0 Å². The Morgan fingerprint density at radius 2 is 1.79 bits per heavy atom. The molecule has 0 bridgehead atoms. The highest BCUT2D eigenvalue weighted by atomic mass is 16.4. The second-order valence-electron chi connectivity index (χ2n) is 5.67. The Bertz CT molecular complexity index is 319. The molecule has 0 aromatic rings. The van der Waals surface area contributed by atoms with Crippen LogP contribution in [0.15, 0.2) is 0 Å². The summed E-state index contributed by atoms with van der Waals surface area (Å²) in [6, 6.07) is 0. The van der Waals surface area contributed by atoms with E-state index >= 15 is 0 Å². The summed E-state index contributed by atoms with van der Waals surface area (Å²) < 4.78 is 0. The number of amides is 1. The third-order valence-corrected chi connectivity index (χ3v) is 3.96. The van der Waals surface area contributed by atoms with Crippen LogP contribution in [0.3, 0.4) is 0 Å². The van der Waals surface area contributed by atoms with Gasteiger partial charge in [-0.15, -0.1) is 0 Å². The van der Waals surface area contributed by atoms with Crippen molar-refractivity contribution in [3.05, 3.63) is 0 Å². The predicted octanol–water partition coefficient (Wildman–Crippen LogP) is 1.35. The molecule has 0 heterocycles. The van der Waals surface area contributed by atoms with E-state index in [0.29, 0.717) is 25.3 Å². The Labute approximate surface area is 114 Å². The van der Waals surface area contributed by atoms with Crippen molar-refractivity contribution in [1.82, 2.24) is 4.90 Å². The summed E-state index contributed by atoms with van der Waals surface area (Å²) >= 11 is 0. The minimum absolute atomic E-state index is 0.0410. The van der Waals surface area contributed by atoms with Crippen molar-refractivity contribution in [2.24, 2.45) is 17.8 Å². The van der Waals surface area contributed by atoms with Gasteiger partial charge in [0.1, 0.15) is 0 Å². The minimum atomic E-state index is -0.851. The highest BCUT2D eigenvalue weighted by molar-refractivity contribution is 5.85. The second kappa shape index (κ2) is 7.48. The lowest BCUT2D eigenvalue weighted by molar-refractivity contribution is -0.148. The molecule has 0 spiro atoms. The standard InChI is InChI=1S/C14H25NO4/c1-10-8-11(12(9-10)14(18)19)13(17)15(2)6-4-3-5-7-16/h10-12,16H,3-9H2,1-2H3,(H,18,19). The largest absolute Gasteiger partial charge is 0.481 e. The van der Waals surface area contributed by atoms with Crippen molar-refractivity contribution in [2.45, 2.75) is 39.0 Å². The first-order valence-electron chi connectivity index (χ1n) is 7.06. The minimum Gasteiger partial charge on any atom is -0.481 e. The first-order chi connectivity index (χ1) is 8.97. The maximum Gasteiger partial charge on any atom is 0.307 e.